The number of thiazole rings is 1. The third kappa shape index (κ3) is 4.42. The van der Waals surface area contributed by atoms with Gasteiger partial charge in [0, 0.05) is 23.8 Å². The molecule has 0 aliphatic rings. The number of benzene rings is 1. The van der Waals surface area contributed by atoms with Gasteiger partial charge in [-0.15, -0.1) is 11.3 Å². The molecule has 0 bridgehead atoms. The van der Waals surface area contributed by atoms with Crippen LogP contribution in [0.4, 0.5) is 0 Å². The molecule has 2 rings (SSSR count). The Morgan fingerprint density at radius 2 is 2.04 bits per heavy atom. The van der Waals surface area contributed by atoms with Crippen LogP contribution in [0.2, 0.25) is 5.02 Å². The maximum absolute atomic E-state index is 12.3. The van der Waals surface area contributed by atoms with Crippen LogP contribution in [0.1, 0.15) is 38.8 Å². The fraction of sp³-hybridized carbons (Fsp3) is 0.389. The summed E-state index contributed by atoms with van der Waals surface area (Å²) in [6.45, 7) is 3.55. The van der Waals surface area contributed by atoms with Crippen molar-refractivity contribution >= 4 is 34.7 Å². The zero-order valence-corrected chi connectivity index (χ0v) is 15.3. The van der Waals surface area contributed by atoms with E-state index in [1.807, 2.05) is 30.5 Å². The van der Waals surface area contributed by atoms with Crippen LogP contribution in [0.15, 0.2) is 29.6 Å². The molecule has 128 valence electrons. The van der Waals surface area contributed by atoms with Gasteiger partial charge in [-0.2, -0.15) is 0 Å². The number of rotatable bonds is 8. The van der Waals surface area contributed by atoms with Crippen LogP contribution in [-0.4, -0.2) is 21.8 Å². The predicted octanol–water partition coefficient (Wildman–Crippen LogP) is 4.86. The molecule has 0 radical (unpaired) electrons. The molecule has 0 saturated carbocycles. The van der Waals surface area contributed by atoms with E-state index >= 15 is 0 Å². The van der Waals surface area contributed by atoms with Crippen molar-refractivity contribution in [1.29, 1.82) is 0 Å². The normalized spacial score (nSPS) is 13.5. The van der Waals surface area contributed by atoms with Crippen molar-refractivity contribution in [1.82, 2.24) is 4.98 Å². The molecule has 0 spiro atoms. The molecule has 4 nitrogen and oxygen atoms in total. The summed E-state index contributed by atoms with van der Waals surface area (Å²) in [4.78, 5) is 28.2. The molecule has 2 aromatic rings. The number of Topliss-reactive ketones (excluding diaryl/α,β-unsaturated/α-hetero) is 1. The Labute approximate surface area is 150 Å². The van der Waals surface area contributed by atoms with Crippen LogP contribution in [0.5, 0.6) is 0 Å². The Kier molecular flexibility index (Phi) is 6.13. The van der Waals surface area contributed by atoms with Crippen molar-refractivity contribution < 1.29 is 14.7 Å². The Morgan fingerprint density at radius 1 is 1.33 bits per heavy atom. The molecule has 0 aliphatic heterocycles. The number of carbonyl (C=O) groups is 2. The van der Waals surface area contributed by atoms with E-state index in [4.69, 9.17) is 11.6 Å². The van der Waals surface area contributed by atoms with E-state index < -0.39 is 11.4 Å². The predicted molar refractivity (Wildman–Crippen MR) is 96.5 cm³/mol. The summed E-state index contributed by atoms with van der Waals surface area (Å²) in [5, 5.41) is 12.6. The molecular weight excluding hydrogens is 346 g/mol. The maximum atomic E-state index is 12.3. The van der Waals surface area contributed by atoms with Gasteiger partial charge in [-0.1, -0.05) is 43.1 Å². The molecule has 0 aliphatic carbocycles. The number of aliphatic carboxylic acids is 1. The van der Waals surface area contributed by atoms with Gasteiger partial charge in [-0.25, -0.2) is 4.98 Å². The summed E-state index contributed by atoms with van der Waals surface area (Å²) in [5.41, 5.74) is 0.487. The highest BCUT2D eigenvalue weighted by Gasteiger charge is 2.34. The molecule has 1 N–H and O–H groups in total. The maximum Gasteiger partial charge on any atom is 0.309 e. The van der Waals surface area contributed by atoms with Crippen molar-refractivity contribution in [2.75, 3.05) is 0 Å². The zero-order valence-electron chi connectivity index (χ0n) is 13.7. The molecule has 1 aromatic carbocycles. The number of carbonyl (C=O) groups excluding carboxylic acids is 1. The lowest BCUT2D eigenvalue weighted by atomic mass is 9.80. The minimum Gasteiger partial charge on any atom is -0.481 e. The van der Waals surface area contributed by atoms with Gasteiger partial charge in [0.15, 0.2) is 0 Å². The first-order valence-corrected chi connectivity index (χ1v) is 9.06. The molecule has 0 amide bonds. The van der Waals surface area contributed by atoms with Crippen molar-refractivity contribution in [3.05, 3.63) is 40.4 Å². The number of carboxylic acids is 1. The highest BCUT2D eigenvalue weighted by molar-refractivity contribution is 7.13. The lowest BCUT2D eigenvalue weighted by Crippen LogP contribution is -2.30. The number of hydrogen-bond donors (Lipinski definition) is 1. The average molecular weight is 366 g/mol. The quantitative estimate of drug-likeness (QED) is 0.725. The van der Waals surface area contributed by atoms with E-state index in [1.54, 1.807) is 13.0 Å². The monoisotopic (exact) mass is 365 g/mol. The minimum absolute atomic E-state index is 0.0229. The van der Waals surface area contributed by atoms with Gasteiger partial charge in [0.05, 0.1) is 16.1 Å². The van der Waals surface area contributed by atoms with Gasteiger partial charge in [-0.05, 0) is 19.4 Å². The van der Waals surface area contributed by atoms with Crippen molar-refractivity contribution in [3.63, 3.8) is 0 Å². The van der Waals surface area contributed by atoms with E-state index in [9.17, 15) is 14.7 Å². The first-order chi connectivity index (χ1) is 11.4. The van der Waals surface area contributed by atoms with E-state index in [0.717, 1.165) is 17.0 Å². The lowest BCUT2D eigenvalue weighted by Gasteiger charge is -2.23. The van der Waals surface area contributed by atoms with Crippen LogP contribution in [-0.2, 0) is 16.0 Å². The summed E-state index contributed by atoms with van der Waals surface area (Å²) in [5.74, 6) is -1.03. The topological polar surface area (TPSA) is 67.3 Å². The third-order valence-electron chi connectivity index (χ3n) is 3.94. The Morgan fingerprint density at radius 3 is 2.67 bits per heavy atom. The largest absolute Gasteiger partial charge is 0.481 e. The second-order valence-electron chi connectivity index (χ2n) is 6.13. The summed E-state index contributed by atoms with van der Waals surface area (Å²) in [6, 6.07) is 7.42. The zero-order chi connectivity index (χ0) is 17.7. The Hall–Kier alpha value is -1.72. The van der Waals surface area contributed by atoms with Crippen molar-refractivity contribution in [2.45, 2.75) is 39.5 Å². The smallest absolute Gasteiger partial charge is 0.309 e. The number of nitrogens with zero attached hydrogens (tertiary/aromatic N) is 1. The van der Waals surface area contributed by atoms with E-state index in [1.165, 1.54) is 11.3 Å². The molecule has 1 aromatic heterocycles. The first kappa shape index (κ1) is 18.6. The van der Waals surface area contributed by atoms with Gasteiger partial charge < -0.3 is 5.11 Å². The summed E-state index contributed by atoms with van der Waals surface area (Å²) >= 11 is 7.59. The summed E-state index contributed by atoms with van der Waals surface area (Å²) in [6.07, 6.45) is 1.38. The standard InChI is InChI=1S/C18H20ClNO3S/c1-3-8-18(2,17(22)23)10-13(21)9-12-11-24-16(20-12)14-6-4-5-7-15(14)19/h4-7,11H,3,8-10H2,1-2H3,(H,22,23). The van der Waals surface area contributed by atoms with Crippen molar-refractivity contribution in [2.24, 2.45) is 5.41 Å². The number of aromatic nitrogens is 1. The average Bonchev–Trinajstić information content (AvgIpc) is 2.95. The molecule has 0 fully saturated rings. The van der Waals surface area contributed by atoms with Crippen LogP contribution in [0, 0.1) is 5.41 Å². The van der Waals surface area contributed by atoms with Crippen LogP contribution in [0.3, 0.4) is 0 Å². The SMILES string of the molecule is CCCC(C)(CC(=O)Cc1csc(-c2ccccc2Cl)n1)C(=O)O. The van der Waals surface area contributed by atoms with Gasteiger partial charge in [0.25, 0.3) is 0 Å². The van der Waals surface area contributed by atoms with Crippen LogP contribution < -0.4 is 0 Å². The van der Waals surface area contributed by atoms with Crippen LogP contribution >= 0.6 is 22.9 Å². The van der Waals surface area contributed by atoms with Crippen LogP contribution in [0.25, 0.3) is 10.6 Å². The number of hydrogen-bond acceptors (Lipinski definition) is 4. The van der Waals surface area contributed by atoms with Gasteiger partial charge >= 0.3 is 5.97 Å². The molecule has 0 saturated heterocycles. The highest BCUT2D eigenvalue weighted by Crippen LogP contribution is 2.31. The second kappa shape index (κ2) is 7.90. The fourth-order valence-electron chi connectivity index (χ4n) is 2.67. The molecule has 1 heterocycles. The first-order valence-electron chi connectivity index (χ1n) is 7.80. The van der Waals surface area contributed by atoms with Gasteiger partial charge in [0.1, 0.15) is 10.8 Å². The number of carboxylic acid groups (broad SMARTS) is 1. The summed E-state index contributed by atoms with van der Waals surface area (Å²) < 4.78 is 0. The summed E-state index contributed by atoms with van der Waals surface area (Å²) in [7, 11) is 0. The van der Waals surface area contributed by atoms with E-state index in [-0.39, 0.29) is 18.6 Å². The highest BCUT2D eigenvalue weighted by atomic mass is 35.5. The molecular formula is C18H20ClNO3S. The lowest BCUT2D eigenvalue weighted by molar-refractivity contribution is -0.150. The molecule has 24 heavy (non-hydrogen) atoms. The third-order valence-corrected chi connectivity index (χ3v) is 5.19. The van der Waals surface area contributed by atoms with E-state index in [2.05, 4.69) is 4.98 Å². The fourth-order valence-corrected chi connectivity index (χ4v) is 3.81. The van der Waals surface area contributed by atoms with E-state index in [0.29, 0.717) is 17.1 Å². The molecule has 1 unspecified atom stereocenters. The van der Waals surface area contributed by atoms with Crippen molar-refractivity contribution in [3.8, 4) is 10.6 Å². The van der Waals surface area contributed by atoms with Gasteiger partial charge in [0.2, 0.25) is 0 Å². The Balaban J connectivity index is 2.08. The number of ketones is 1. The molecule has 1 atom stereocenters. The Bertz CT molecular complexity index is 743. The van der Waals surface area contributed by atoms with Gasteiger partial charge in [-0.3, -0.25) is 9.59 Å². The second-order valence-corrected chi connectivity index (χ2v) is 7.40. The minimum atomic E-state index is -1.01. The molecule has 6 heteroatoms. The number of halogens is 1.